The van der Waals surface area contributed by atoms with Gasteiger partial charge in [-0.15, -0.1) is 0 Å². The summed E-state index contributed by atoms with van der Waals surface area (Å²) in [5.74, 6) is -0.918. The topological polar surface area (TPSA) is 72.5 Å². The molecule has 0 saturated carbocycles. The van der Waals surface area contributed by atoms with Crippen molar-refractivity contribution in [2.75, 3.05) is 17.3 Å². The molecular weight excluding hydrogens is 290 g/mol. The Kier molecular flexibility index (Phi) is 3.23. The number of Topliss-reactive ketones (excluding diaryl/α,β-unsaturated/α-hetero) is 2. The Hall–Kier alpha value is -1.69. The standard InChI is InChI=1S/C11H8BrNO4/c12-4-8(14)11(16)6-1-2-9-7(3-6)13-10(15)5-17-9/h1-3H,4-5H2,(H,13,15). The summed E-state index contributed by atoms with van der Waals surface area (Å²) in [4.78, 5) is 33.9. The van der Waals surface area contributed by atoms with Gasteiger partial charge in [-0.05, 0) is 18.2 Å². The van der Waals surface area contributed by atoms with Crippen LogP contribution in [0.25, 0.3) is 0 Å². The van der Waals surface area contributed by atoms with Crippen molar-refractivity contribution in [2.45, 2.75) is 0 Å². The molecule has 0 spiro atoms. The van der Waals surface area contributed by atoms with E-state index in [0.29, 0.717) is 11.4 Å². The molecule has 1 aromatic rings. The van der Waals surface area contributed by atoms with Crippen molar-refractivity contribution < 1.29 is 19.1 Å². The van der Waals surface area contributed by atoms with Gasteiger partial charge in [0.15, 0.2) is 6.61 Å². The zero-order valence-corrected chi connectivity index (χ0v) is 10.2. The molecule has 6 heteroatoms. The molecule has 2 rings (SSSR count). The highest BCUT2D eigenvalue weighted by Gasteiger charge is 2.20. The predicted molar refractivity (Wildman–Crippen MR) is 63.7 cm³/mol. The van der Waals surface area contributed by atoms with Gasteiger partial charge in [-0.1, -0.05) is 15.9 Å². The fourth-order valence-electron chi connectivity index (χ4n) is 1.45. The minimum absolute atomic E-state index is 0.0220. The zero-order chi connectivity index (χ0) is 12.4. The molecular formula is C11H8BrNO4. The Morgan fingerprint density at radius 1 is 1.41 bits per heavy atom. The molecule has 1 heterocycles. The second-order valence-corrected chi connectivity index (χ2v) is 3.99. The summed E-state index contributed by atoms with van der Waals surface area (Å²) in [6.07, 6.45) is 0. The Bertz CT molecular complexity index is 512. The molecule has 0 aromatic heterocycles. The highest BCUT2D eigenvalue weighted by molar-refractivity contribution is 9.09. The van der Waals surface area contributed by atoms with Crippen LogP contribution in [0.3, 0.4) is 0 Å². The van der Waals surface area contributed by atoms with Crippen molar-refractivity contribution in [1.29, 1.82) is 0 Å². The maximum Gasteiger partial charge on any atom is 0.262 e. The molecule has 0 aliphatic carbocycles. The van der Waals surface area contributed by atoms with E-state index in [-0.39, 0.29) is 23.4 Å². The first-order chi connectivity index (χ1) is 8.11. The van der Waals surface area contributed by atoms with Crippen molar-refractivity contribution in [3.05, 3.63) is 23.8 Å². The van der Waals surface area contributed by atoms with E-state index in [1.165, 1.54) is 12.1 Å². The second-order valence-electron chi connectivity index (χ2n) is 3.43. The normalized spacial score (nSPS) is 13.4. The molecule has 88 valence electrons. The number of halogens is 1. The van der Waals surface area contributed by atoms with E-state index in [9.17, 15) is 14.4 Å². The number of alkyl halides is 1. The third kappa shape index (κ3) is 2.36. The van der Waals surface area contributed by atoms with Crippen LogP contribution in [0.2, 0.25) is 0 Å². The van der Waals surface area contributed by atoms with Crippen molar-refractivity contribution in [2.24, 2.45) is 0 Å². The van der Waals surface area contributed by atoms with Gasteiger partial charge in [-0.25, -0.2) is 0 Å². The minimum Gasteiger partial charge on any atom is -0.482 e. The Labute approximate surface area is 105 Å². The second kappa shape index (κ2) is 4.67. The molecule has 17 heavy (non-hydrogen) atoms. The summed E-state index contributed by atoms with van der Waals surface area (Å²) in [6.45, 7) is -0.0410. The Morgan fingerprint density at radius 2 is 2.18 bits per heavy atom. The third-order valence-electron chi connectivity index (χ3n) is 2.25. The maximum absolute atomic E-state index is 11.6. The lowest BCUT2D eigenvalue weighted by atomic mass is 10.1. The quantitative estimate of drug-likeness (QED) is 0.516. The summed E-state index contributed by atoms with van der Waals surface area (Å²) in [6, 6.07) is 4.50. The number of fused-ring (bicyclic) bond motifs is 1. The number of carbonyl (C=O) groups excluding carboxylic acids is 3. The number of amides is 1. The van der Waals surface area contributed by atoms with E-state index >= 15 is 0 Å². The Morgan fingerprint density at radius 3 is 2.88 bits per heavy atom. The van der Waals surface area contributed by atoms with E-state index in [1.54, 1.807) is 6.07 Å². The average Bonchev–Trinajstić information content (AvgIpc) is 2.36. The van der Waals surface area contributed by atoms with Gasteiger partial charge >= 0.3 is 0 Å². The number of benzene rings is 1. The van der Waals surface area contributed by atoms with Crippen molar-refractivity contribution in [3.63, 3.8) is 0 Å². The van der Waals surface area contributed by atoms with Gasteiger partial charge in [0, 0.05) is 5.56 Å². The molecule has 0 saturated heterocycles. The number of ether oxygens (including phenoxy) is 1. The third-order valence-corrected chi connectivity index (χ3v) is 2.76. The van der Waals surface area contributed by atoms with Gasteiger partial charge in [-0.3, -0.25) is 14.4 Å². The minimum atomic E-state index is -0.593. The summed E-state index contributed by atoms with van der Waals surface area (Å²) in [5.41, 5.74) is 0.647. The predicted octanol–water partition coefficient (Wildman–Crippen LogP) is 1.16. The van der Waals surface area contributed by atoms with E-state index in [2.05, 4.69) is 21.2 Å². The maximum atomic E-state index is 11.6. The summed E-state index contributed by atoms with van der Waals surface area (Å²) in [7, 11) is 0. The monoisotopic (exact) mass is 297 g/mol. The summed E-state index contributed by atoms with van der Waals surface area (Å²) in [5, 5.41) is 2.55. The van der Waals surface area contributed by atoms with Crippen molar-refractivity contribution in [3.8, 4) is 5.75 Å². The molecule has 0 fully saturated rings. The molecule has 0 unspecified atom stereocenters. The average molecular weight is 298 g/mol. The number of rotatable bonds is 3. The summed E-state index contributed by atoms with van der Waals surface area (Å²) < 4.78 is 5.14. The molecule has 1 aliphatic rings. The van der Waals surface area contributed by atoms with Gasteiger partial charge in [-0.2, -0.15) is 0 Å². The first-order valence-corrected chi connectivity index (χ1v) is 5.94. The fraction of sp³-hybridized carbons (Fsp3) is 0.182. The number of anilines is 1. The first kappa shape index (κ1) is 11.8. The van der Waals surface area contributed by atoms with Crippen LogP contribution in [0.4, 0.5) is 5.69 Å². The lowest BCUT2D eigenvalue weighted by Gasteiger charge is -2.18. The number of ketones is 2. The molecule has 0 atom stereocenters. The fourth-order valence-corrected chi connectivity index (χ4v) is 1.70. The van der Waals surface area contributed by atoms with Crippen LogP contribution in [0, 0.1) is 0 Å². The molecule has 1 amide bonds. The van der Waals surface area contributed by atoms with E-state index in [1.807, 2.05) is 0 Å². The number of nitrogens with one attached hydrogen (secondary N) is 1. The first-order valence-electron chi connectivity index (χ1n) is 4.82. The van der Waals surface area contributed by atoms with Crippen LogP contribution in [0.5, 0.6) is 5.75 Å². The number of hydrogen-bond donors (Lipinski definition) is 1. The molecule has 1 N–H and O–H groups in total. The number of hydrogen-bond acceptors (Lipinski definition) is 4. The van der Waals surface area contributed by atoms with Crippen molar-refractivity contribution in [1.82, 2.24) is 0 Å². The van der Waals surface area contributed by atoms with Gasteiger partial charge in [0.05, 0.1) is 11.0 Å². The van der Waals surface area contributed by atoms with Crippen LogP contribution >= 0.6 is 15.9 Å². The van der Waals surface area contributed by atoms with Gasteiger partial charge in [0.1, 0.15) is 5.75 Å². The van der Waals surface area contributed by atoms with Crippen LogP contribution in [0.15, 0.2) is 18.2 Å². The van der Waals surface area contributed by atoms with Gasteiger partial charge in [0.25, 0.3) is 5.91 Å². The van der Waals surface area contributed by atoms with E-state index < -0.39 is 11.6 Å². The highest BCUT2D eigenvalue weighted by Crippen LogP contribution is 2.28. The molecule has 0 radical (unpaired) electrons. The van der Waals surface area contributed by atoms with Crippen LogP contribution in [-0.2, 0) is 9.59 Å². The van der Waals surface area contributed by atoms with Gasteiger partial charge < -0.3 is 10.1 Å². The smallest absolute Gasteiger partial charge is 0.262 e. The van der Waals surface area contributed by atoms with Crippen LogP contribution in [-0.4, -0.2) is 29.4 Å². The molecule has 5 nitrogen and oxygen atoms in total. The lowest BCUT2D eigenvalue weighted by Crippen LogP contribution is -2.26. The van der Waals surface area contributed by atoms with E-state index in [0.717, 1.165) is 0 Å². The zero-order valence-electron chi connectivity index (χ0n) is 8.66. The van der Waals surface area contributed by atoms with Crippen LogP contribution < -0.4 is 10.1 Å². The molecule has 0 bridgehead atoms. The van der Waals surface area contributed by atoms with Crippen LogP contribution in [0.1, 0.15) is 10.4 Å². The largest absolute Gasteiger partial charge is 0.482 e. The highest BCUT2D eigenvalue weighted by atomic mass is 79.9. The summed E-state index contributed by atoms with van der Waals surface area (Å²) >= 11 is 2.93. The van der Waals surface area contributed by atoms with Gasteiger partial charge in [0.2, 0.25) is 11.6 Å². The Balaban J connectivity index is 2.33. The SMILES string of the molecule is O=C1COc2ccc(C(=O)C(=O)CBr)cc2N1. The number of carbonyl (C=O) groups is 3. The lowest BCUT2D eigenvalue weighted by molar-refractivity contribution is -0.118. The van der Waals surface area contributed by atoms with Crippen molar-refractivity contribution >= 4 is 39.1 Å². The van der Waals surface area contributed by atoms with E-state index in [4.69, 9.17) is 4.74 Å². The molecule has 1 aromatic carbocycles. The molecule has 1 aliphatic heterocycles.